The minimum atomic E-state index is -0.602. The zero-order valence-corrected chi connectivity index (χ0v) is 17.1. The fourth-order valence-electron chi connectivity index (χ4n) is 3.06. The highest BCUT2D eigenvalue weighted by Crippen LogP contribution is 2.22. The molecule has 2 aromatic carbocycles. The predicted octanol–water partition coefficient (Wildman–Crippen LogP) is 4.27. The summed E-state index contributed by atoms with van der Waals surface area (Å²) in [5, 5.41) is 12.3. The second kappa shape index (κ2) is 10.0. The van der Waals surface area contributed by atoms with Crippen molar-refractivity contribution in [2.75, 3.05) is 5.32 Å². The van der Waals surface area contributed by atoms with Crippen LogP contribution in [-0.2, 0) is 6.54 Å². The lowest BCUT2D eigenvalue weighted by atomic mass is 10.1. The maximum atomic E-state index is 12.1. The first-order valence-electron chi connectivity index (χ1n) is 9.98. The van der Waals surface area contributed by atoms with Gasteiger partial charge in [0.15, 0.2) is 0 Å². The molecule has 0 unspecified atom stereocenters. The van der Waals surface area contributed by atoms with Gasteiger partial charge in [0, 0.05) is 41.2 Å². The molecule has 0 aliphatic carbocycles. The van der Waals surface area contributed by atoms with E-state index < -0.39 is 5.91 Å². The third-order valence-corrected chi connectivity index (χ3v) is 4.70. The topological polar surface area (TPSA) is 87.1 Å². The molecule has 6 heteroatoms. The number of amides is 1. The Morgan fingerprint density at radius 1 is 0.906 bits per heavy atom. The number of pyridine rings is 2. The summed E-state index contributed by atoms with van der Waals surface area (Å²) in [4.78, 5) is 20.8. The maximum absolute atomic E-state index is 12.1. The Morgan fingerprint density at radius 3 is 2.41 bits per heavy atom. The van der Waals surface area contributed by atoms with Crippen LogP contribution in [0.3, 0.4) is 0 Å². The number of benzene rings is 2. The molecule has 6 nitrogen and oxygen atoms in total. The van der Waals surface area contributed by atoms with Crippen LogP contribution in [0.4, 0.5) is 5.82 Å². The van der Waals surface area contributed by atoms with Gasteiger partial charge < -0.3 is 5.32 Å². The highest BCUT2D eigenvalue weighted by molar-refractivity contribution is 5.95. The lowest BCUT2D eigenvalue weighted by Gasteiger charge is -2.11. The number of carbonyl (C=O) groups is 1. The van der Waals surface area contributed by atoms with E-state index in [0.717, 1.165) is 22.3 Å². The summed E-state index contributed by atoms with van der Waals surface area (Å²) in [6.45, 7) is 0.556. The Hall–Kier alpha value is -4.47. The van der Waals surface area contributed by atoms with Crippen molar-refractivity contribution in [2.24, 2.45) is 0 Å². The van der Waals surface area contributed by atoms with Gasteiger partial charge in [0.25, 0.3) is 5.91 Å². The molecule has 0 spiro atoms. The van der Waals surface area contributed by atoms with E-state index in [1.54, 1.807) is 30.0 Å². The molecule has 156 valence electrons. The molecule has 3 N–H and O–H groups in total. The van der Waals surface area contributed by atoms with E-state index in [1.807, 2.05) is 66.7 Å². The molecule has 2 heterocycles. The van der Waals surface area contributed by atoms with Crippen molar-refractivity contribution >= 4 is 11.7 Å². The highest BCUT2D eigenvalue weighted by atomic mass is 16.5. The van der Waals surface area contributed by atoms with Crippen molar-refractivity contribution < 1.29 is 10.0 Å². The lowest BCUT2D eigenvalue weighted by molar-refractivity contribution is 0.0706. The number of hydroxylamine groups is 1. The molecule has 32 heavy (non-hydrogen) atoms. The SMILES string of the molecule is O=C(NO)c1cc(NCc2ccccc2)nc(-c2ccc(C#Cc3cccnc3)cc2)c1. The number of rotatable bonds is 5. The van der Waals surface area contributed by atoms with Crippen LogP contribution in [-0.4, -0.2) is 21.1 Å². The van der Waals surface area contributed by atoms with Crippen molar-refractivity contribution in [1.82, 2.24) is 15.4 Å². The van der Waals surface area contributed by atoms with Gasteiger partial charge >= 0.3 is 0 Å². The van der Waals surface area contributed by atoms with Crippen molar-refractivity contribution in [1.29, 1.82) is 0 Å². The van der Waals surface area contributed by atoms with E-state index in [2.05, 4.69) is 27.1 Å². The number of aromatic nitrogens is 2. The lowest BCUT2D eigenvalue weighted by Crippen LogP contribution is -2.19. The molecule has 0 radical (unpaired) electrons. The average Bonchev–Trinajstić information content (AvgIpc) is 2.87. The van der Waals surface area contributed by atoms with Gasteiger partial charge in [0.05, 0.1) is 5.69 Å². The monoisotopic (exact) mass is 420 g/mol. The normalized spacial score (nSPS) is 10.0. The second-order valence-corrected chi connectivity index (χ2v) is 6.98. The summed E-state index contributed by atoms with van der Waals surface area (Å²) in [6, 6.07) is 24.5. The van der Waals surface area contributed by atoms with Crippen molar-refractivity contribution in [2.45, 2.75) is 6.54 Å². The molecular weight excluding hydrogens is 400 g/mol. The zero-order chi connectivity index (χ0) is 22.2. The first kappa shape index (κ1) is 20.8. The maximum Gasteiger partial charge on any atom is 0.274 e. The Balaban J connectivity index is 1.58. The van der Waals surface area contributed by atoms with Crippen LogP contribution in [0.15, 0.2) is 91.3 Å². The van der Waals surface area contributed by atoms with Crippen LogP contribution in [0.5, 0.6) is 0 Å². The van der Waals surface area contributed by atoms with Gasteiger partial charge in [0.1, 0.15) is 5.82 Å². The van der Waals surface area contributed by atoms with Gasteiger partial charge in [0.2, 0.25) is 0 Å². The highest BCUT2D eigenvalue weighted by Gasteiger charge is 2.11. The van der Waals surface area contributed by atoms with Crippen molar-refractivity contribution in [3.05, 3.63) is 114 Å². The van der Waals surface area contributed by atoms with Crippen molar-refractivity contribution in [3.8, 4) is 23.1 Å². The Labute approximate surface area is 186 Å². The molecule has 0 fully saturated rings. The number of carbonyl (C=O) groups excluding carboxylic acids is 1. The van der Waals surface area contributed by atoms with E-state index >= 15 is 0 Å². The number of anilines is 1. The quantitative estimate of drug-likeness (QED) is 0.255. The standard InChI is InChI=1S/C26H20N4O2/c31-26(30-32)23-15-24(29-25(16-23)28-18-20-5-2-1-3-6-20)22-12-10-19(11-13-22)8-9-21-7-4-14-27-17-21/h1-7,10-17,32H,18H2,(H,28,29)(H,30,31). The van der Waals surface area contributed by atoms with Crippen LogP contribution in [0.1, 0.15) is 27.0 Å². The first-order valence-corrected chi connectivity index (χ1v) is 9.98. The van der Waals surface area contributed by atoms with E-state index in [9.17, 15) is 4.79 Å². The molecule has 0 saturated heterocycles. The first-order chi connectivity index (χ1) is 15.7. The summed E-state index contributed by atoms with van der Waals surface area (Å²) in [5.74, 6) is 6.11. The van der Waals surface area contributed by atoms with E-state index in [0.29, 0.717) is 23.6 Å². The van der Waals surface area contributed by atoms with Gasteiger partial charge in [-0.25, -0.2) is 10.5 Å². The van der Waals surface area contributed by atoms with Gasteiger partial charge in [-0.2, -0.15) is 0 Å². The van der Waals surface area contributed by atoms with E-state index in [4.69, 9.17) is 5.21 Å². The minimum Gasteiger partial charge on any atom is -0.366 e. The molecule has 0 saturated carbocycles. The summed E-state index contributed by atoms with van der Waals surface area (Å²) in [6.07, 6.45) is 3.42. The number of hydrogen-bond acceptors (Lipinski definition) is 5. The smallest absolute Gasteiger partial charge is 0.274 e. The molecule has 0 bridgehead atoms. The fraction of sp³-hybridized carbons (Fsp3) is 0.0385. The summed E-state index contributed by atoms with van der Waals surface area (Å²) in [7, 11) is 0. The molecular formula is C26H20N4O2. The zero-order valence-electron chi connectivity index (χ0n) is 17.1. The molecule has 4 aromatic rings. The van der Waals surface area contributed by atoms with Crippen molar-refractivity contribution in [3.63, 3.8) is 0 Å². The van der Waals surface area contributed by atoms with Crippen LogP contribution in [0.2, 0.25) is 0 Å². The molecule has 4 rings (SSSR count). The summed E-state index contributed by atoms with van der Waals surface area (Å²) < 4.78 is 0. The summed E-state index contributed by atoms with van der Waals surface area (Å²) >= 11 is 0. The van der Waals surface area contributed by atoms with Gasteiger partial charge in [-0.3, -0.25) is 15.0 Å². The van der Waals surface area contributed by atoms with Crippen LogP contribution in [0, 0.1) is 11.8 Å². The van der Waals surface area contributed by atoms with Crippen LogP contribution < -0.4 is 10.8 Å². The van der Waals surface area contributed by atoms with E-state index in [-0.39, 0.29) is 0 Å². The average molecular weight is 420 g/mol. The number of nitrogens with one attached hydrogen (secondary N) is 2. The molecule has 0 aliphatic rings. The van der Waals surface area contributed by atoms with E-state index in [1.165, 1.54) is 0 Å². The molecule has 0 atom stereocenters. The third kappa shape index (κ3) is 5.36. The number of nitrogens with zero attached hydrogens (tertiary/aromatic N) is 2. The molecule has 1 amide bonds. The third-order valence-electron chi connectivity index (χ3n) is 4.70. The van der Waals surface area contributed by atoms with Gasteiger partial charge in [-0.1, -0.05) is 54.3 Å². The van der Waals surface area contributed by atoms with Gasteiger partial charge in [-0.15, -0.1) is 0 Å². The Kier molecular flexibility index (Phi) is 6.51. The van der Waals surface area contributed by atoms with Crippen LogP contribution >= 0.6 is 0 Å². The largest absolute Gasteiger partial charge is 0.366 e. The number of hydrogen-bond donors (Lipinski definition) is 3. The Morgan fingerprint density at radius 2 is 1.69 bits per heavy atom. The predicted molar refractivity (Wildman–Crippen MR) is 123 cm³/mol. The second-order valence-electron chi connectivity index (χ2n) is 6.98. The molecule has 0 aliphatic heterocycles. The Bertz CT molecular complexity index is 1260. The van der Waals surface area contributed by atoms with Crippen LogP contribution in [0.25, 0.3) is 11.3 Å². The summed E-state index contributed by atoms with van der Waals surface area (Å²) in [5.41, 5.74) is 6.20. The van der Waals surface area contributed by atoms with Gasteiger partial charge in [-0.05, 0) is 42.0 Å². The molecule has 2 aromatic heterocycles. The minimum absolute atomic E-state index is 0.300. The fourth-order valence-corrected chi connectivity index (χ4v) is 3.06.